The van der Waals surface area contributed by atoms with Crippen LogP contribution in [0.1, 0.15) is 5.01 Å². The summed E-state index contributed by atoms with van der Waals surface area (Å²) in [5.41, 5.74) is 0. The van der Waals surface area contributed by atoms with Crippen LogP contribution in [0.15, 0.2) is 8.68 Å². The van der Waals surface area contributed by atoms with E-state index in [2.05, 4.69) is 20.4 Å². The van der Waals surface area contributed by atoms with Crippen molar-refractivity contribution in [1.29, 1.82) is 0 Å². The molecule has 13 heavy (non-hydrogen) atoms. The fourth-order valence-corrected chi connectivity index (χ4v) is 3.75. The first-order valence-electron chi connectivity index (χ1n) is 3.27. The number of rotatable bonds is 2. The van der Waals surface area contributed by atoms with Gasteiger partial charge in [0.05, 0.1) is 0 Å². The molecule has 0 radical (unpaired) electrons. The Morgan fingerprint density at radius 2 is 2.15 bits per heavy atom. The number of H-pyrrole nitrogens is 1. The Hall–Kier alpha value is -0.310. The normalized spacial score (nSPS) is 10.5. The first-order valence-corrected chi connectivity index (χ1v) is 6.13. The SMILES string of the molecule is Cc1nnc(Sc2n[nH]c(=S)s2)s1. The molecular weight excluding hydrogens is 244 g/mol. The topological polar surface area (TPSA) is 54.5 Å². The molecular formula is C5H4N4S4. The molecule has 0 amide bonds. The zero-order valence-corrected chi connectivity index (χ0v) is 9.74. The molecule has 0 aromatic carbocycles. The molecule has 0 saturated carbocycles. The van der Waals surface area contributed by atoms with Gasteiger partial charge in [0.2, 0.25) is 0 Å². The maximum atomic E-state index is 4.91. The molecule has 4 nitrogen and oxygen atoms in total. The second-order valence-electron chi connectivity index (χ2n) is 2.07. The van der Waals surface area contributed by atoms with Gasteiger partial charge in [-0.15, -0.1) is 10.2 Å². The highest BCUT2D eigenvalue weighted by atomic mass is 32.2. The van der Waals surface area contributed by atoms with E-state index in [1.807, 2.05) is 6.92 Å². The van der Waals surface area contributed by atoms with Gasteiger partial charge in [0, 0.05) is 0 Å². The van der Waals surface area contributed by atoms with Gasteiger partial charge in [0.1, 0.15) is 5.01 Å². The molecule has 2 heterocycles. The Labute approximate surface area is 91.4 Å². The minimum Gasteiger partial charge on any atom is -0.257 e. The predicted octanol–water partition coefficient (Wildman–Crippen LogP) is 2.51. The van der Waals surface area contributed by atoms with Crippen LogP contribution in [0.5, 0.6) is 0 Å². The number of aromatic nitrogens is 4. The first kappa shape index (κ1) is 9.25. The van der Waals surface area contributed by atoms with E-state index in [4.69, 9.17) is 12.2 Å². The summed E-state index contributed by atoms with van der Waals surface area (Å²) in [5.74, 6) is 0. The molecule has 68 valence electrons. The average molecular weight is 248 g/mol. The van der Waals surface area contributed by atoms with Gasteiger partial charge in [-0.1, -0.05) is 22.7 Å². The fourth-order valence-electron chi connectivity index (χ4n) is 0.654. The van der Waals surface area contributed by atoms with Crippen molar-refractivity contribution in [3.05, 3.63) is 8.96 Å². The molecule has 0 aliphatic heterocycles. The zero-order chi connectivity index (χ0) is 9.26. The monoisotopic (exact) mass is 248 g/mol. The molecule has 2 rings (SSSR count). The molecule has 8 heteroatoms. The van der Waals surface area contributed by atoms with Crippen LogP contribution in [-0.4, -0.2) is 20.4 Å². The Bertz CT molecular complexity index is 455. The predicted molar refractivity (Wildman–Crippen MR) is 56.1 cm³/mol. The molecule has 0 atom stereocenters. The van der Waals surface area contributed by atoms with Gasteiger partial charge in [-0.3, -0.25) is 5.10 Å². The average Bonchev–Trinajstić information content (AvgIpc) is 2.62. The lowest BCUT2D eigenvalue weighted by Gasteiger charge is -1.84. The molecule has 0 aliphatic rings. The second-order valence-corrected chi connectivity index (χ2v) is 6.41. The van der Waals surface area contributed by atoms with Gasteiger partial charge in [-0.25, -0.2) is 0 Å². The van der Waals surface area contributed by atoms with Crippen molar-refractivity contribution in [1.82, 2.24) is 20.4 Å². The van der Waals surface area contributed by atoms with E-state index in [9.17, 15) is 0 Å². The van der Waals surface area contributed by atoms with Crippen molar-refractivity contribution in [3.63, 3.8) is 0 Å². The van der Waals surface area contributed by atoms with Crippen molar-refractivity contribution in [2.24, 2.45) is 0 Å². The molecule has 2 aromatic heterocycles. The van der Waals surface area contributed by atoms with Gasteiger partial charge in [0.15, 0.2) is 12.6 Å². The summed E-state index contributed by atoms with van der Waals surface area (Å²) in [5, 5.41) is 15.6. The van der Waals surface area contributed by atoms with E-state index in [0.29, 0.717) is 3.95 Å². The van der Waals surface area contributed by atoms with Crippen molar-refractivity contribution in [2.45, 2.75) is 15.6 Å². The number of hydrogen-bond acceptors (Lipinski definition) is 7. The Morgan fingerprint density at radius 3 is 2.69 bits per heavy atom. The van der Waals surface area contributed by atoms with E-state index < -0.39 is 0 Å². The summed E-state index contributed by atoms with van der Waals surface area (Å²) < 4.78 is 2.46. The third-order valence-electron chi connectivity index (χ3n) is 1.10. The van der Waals surface area contributed by atoms with Crippen molar-refractivity contribution in [3.8, 4) is 0 Å². The highest BCUT2D eigenvalue weighted by Gasteiger charge is 2.05. The summed E-state index contributed by atoms with van der Waals surface area (Å²) in [7, 11) is 0. The Kier molecular flexibility index (Phi) is 2.72. The van der Waals surface area contributed by atoms with Gasteiger partial charge in [-0.2, -0.15) is 5.10 Å². The van der Waals surface area contributed by atoms with Gasteiger partial charge >= 0.3 is 0 Å². The van der Waals surface area contributed by atoms with Crippen molar-refractivity contribution in [2.75, 3.05) is 0 Å². The van der Waals surface area contributed by atoms with Crippen LogP contribution in [-0.2, 0) is 0 Å². The molecule has 0 aliphatic carbocycles. The van der Waals surface area contributed by atoms with Crippen LogP contribution >= 0.6 is 46.7 Å². The zero-order valence-electron chi connectivity index (χ0n) is 6.47. The largest absolute Gasteiger partial charge is 0.257 e. The van der Waals surface area contributed by atoms with E-state index in [-0.39, 0.29) is 0 Å². The second kappa shape index (κ2) is 3.82. The minimum atomic E-state index is 0.684. The maximum absolute atomic E-state index is 4.91. The molecule has 2 aromatic rings. The summed E-state index contributed by atoms with van der Waals surface area (Å²) in [6, 6.07) is 0. The minimum absolute atomic E-state index is 0.684. The molecule has 1 N–H and O–H groups in total. The number of aryl methyl sites for hydroxylation is 1. The highest BCUT2D eigenvalue weighted by molar-refractivity contribution is 8.02. The third kappa shape index (κ3) is 2.33. The smallest absolute Gasteiger partial charge is 0.181 e. The molecule has 0 saturated heterocycles. The van der Waals surface area contributed by atoms with Crippen molar-refractivity contribution < 1.29 is 0 Å². The highest BCUT2D eigenvalue weighted by Crippen LogP contribution is 2.30. The molecule has 0 fully saturated rings. The lowest BCUT2D eigenvalue weighted by Crippen LogP contribution is -1.72. The molecule has 0 unspecified atom stereocenters. The Balaban J connectivity index is 2.19. The molecule has 0 bridgehead atoms. The van der Waals surface area contributed by atoms with Crippen LogP contribution in [0.4, 0.5) is 0 Å². The number of aromatic amines is 1. The van der Waals surface area contributed by atoms with E-state index in [1.54, 1.807) is 11.3 Å². The van der Waals surface area contributed by atoms with Gasteiger partial charge in [-0.05, 0) is 30.9 Å². The summed E-state index contributed by atoms with van der Waals surface area (Å²) in [6.45, 7) is 1.92. The van der Waals surface area contributed by atoms with Crippen molar-refractivity contribution >= 4 is 46.7 Å². The lowest BCUT2D eigenvalue weighted by atomic mass is 10.9. The Morgan fingerprint density at radius 1 is 1.31 bits per heavy atom. The standard InChI is InChI=1S/C5H4N4S4/c1-2-6-8-4(11-2)13-5-9-7-3(10)12-5/h1H3,(H,7,10). The summed E-state index contributed by atoms with van der Waals surface area (Å²) in [4.78, 5) is 0. The number of nitrogens with one attached hydrogen (secondary N) is 1. The number of hydrogen-bond donors (Lipinski definition) is 1. The van der Waals surface area contributed by atoms with Gasteiger partial charge < -0.3 is 0 Å². The maximum Gasteiger partial charge on any atom is 0.181 e. The lowest BCUT2D eigenvalue weighted by molar-refractivity contribution is 0.973. The molecule has 0 spiro atoms. The van der Waals surface area contributed by atoms with E-state index in [1.165, 1.54) is 23.1 Å². The van der Waals surface area contributed by atoms with E-state index >= 15 is 0 Å². The van der Waals surface area contributed by atoms with Crippen LogP contribution in [0.2, 0.25) is 0 Å². The summed E-state index contributed by atoms with van der Waals surface area (Å²) in [6.07, 6.45) is 0. The third-order valence-corrected chi connectivity index (χ3v) is 4.14. The first-order chi connectivity index (χ1) is 6.24. The van der Waals surface area contributed by atoms with Crippen LogP contribution in [0.3, 0.4) is 0 Å². The van der Waals surface area contributed by atoms with Crippen LogP contribution in [0.25, 0.3) is 0 Å². The summed E-state index contributed by atoms with van der Waals surface area (Å²) >= 11 is 9.39. The quantitative estimate of drug-likeness (QED) is 0.828. The van der Waals surface area contributed by atoms with E-state index in [0.717, 1.165) is 13.7 Å². The fraction of sp³-hybridized carbons (Fsp3) is 0.200. The number of nitrogens with zero attached hydrogens (tertiary/aromatic N) is 3. The van der Waals surface area contributed by atoms with Gasteiger partial charge in [0.25, 0.3) is 0 Å². The van der Waals surface area contributed by atoms with Crippen LogP contribution in [0, 0.1) is 10.9 Å². The van der Waals surface area contributed by atoms with Crippen LogP contribution < -0.4 is 0 Å².